The number of fused-ring (bicyclic) bond motifs is 1. The molecule has 2 amide bonds. The number of hydrogen-bond donors (Lipinski definition) is 3. The molecule has 0 unspecified atom stereocenters. The Balaban J connectivity index is 1.34. The minimum atomic E-state index is -2.07. The van der Waals surface area contributed by atoms with Gasteiger partial charge in [-0.25, -0.2) is 4.98 Å². The summed E-state index contributed by atoms with van der Waals surface area (Å²) < 4.78 is 10.7. The second-order valence-corrected chi connectivity index (χ2v) is 8.14. The molecule has 4 rings (SSSR count). The third kappa shape index (κ3) is 5.19. The molecule has 1 aromatic heterocycles. The van der Waals surface area contributed by atoms with Crippen LogP contribution in [0, 0.1) is 10.1 Å². The summed E-state index contributed by atoms with van der Waals surface area (Å²) in [6, 6.07) is 11.5. The Kier molecular flexibility index (Phi) is 7.27. The number of oxazole rings is 1. The van der Waals surface area contributed by atoms with Gasteiger partial charge in [0.1, 0.15) is 12.0 Å². The summed E-state index contributed by atoms with van der Waals surface area (Å²) in [7, 11) is 1.57. The van der Waals surface area contributed by atoms with Crippen molar-refractivity contribution in [3.63, 3.8) is 0 Å². The van der Waals surface area contributed by atoms with Gasteiger partial charge in [-0.3, -0.25) is 19.7 Å². The van der Waals surface area contributed by atoms with Gasteiger partial charge in [0.15, 0.2) is 12.2 Å². The minimum absolute atomic E-state index is 0.159. The molecule has 36 heavy (non-hydrogen) atoms. The zero-order valence-electron chi connectivity index (χ0n) is 19.3. The third-order valence-electron chi connectivity index (χ3n) is 5.84. The van der Waals surface area contributed by atoms with Crippen LogP contribution in [0.15, 0.2) is 53.1 Å². The van der Waals surface area contributed by atoms with E-state index in [9.17, 15) is 29.9 Å². The molecule has 0 spiro atoms. The minimum Gasteiger partial charge on any atom is -0.496 e. The van der Waals surface area contributed by atoms with Crippen LogP contribution in [-0.2, 0) is 29.0 Å². The van der Waals surface area contributed by atoms with Crippen LogP contribution in [0.5, 0.6) is 5.75 Å². The summed E-state index contributed by atoms with van der Waals surface area (Å²) >= 11 is 0. The number of rotatable bonds is 9. The molecule has 1 aliphatic rings. The predicted molar refractivity (Wildman–Crippen MR) is 125 cm³/mol. The molecule has 12 heteroatoms. The Morgan fingerprint density at radius 1 is 1.25 bits per heavy atom. The van der Waals surface area contributed by atoms with Crippen LogP contribution in [0.2, 0.25) is 0 Å². The van der Waals surface area contributed by atoms with Gasteiger partial charge in [0.05, 0.1) is 30.0 Å². The van der Waals surface area contributed by atoms with Gasteiger partial charge in [0.25, 0.3) is 17.5 Å². The average Bonchev–Trinajstić information content (AvgIpc) is 3.52. The zero-order valence-corrected chi connectivity index (χ0v) is 19.3. The number of nitro benzene ring substituents is 1. The monoisotopic (exact) mass is 496 g/mol. The first-order chi connectivity index (χ1) is 17.3. The van der Waals surface area contributed by atoms with Crippen molar-refractivity contribution in [3.05, 3.63) is 81.6 Å². The van der Waals surface area contributed by atoms with Gasteiger partial charge < -0.3 is 29.6 Å². The highest BCUT2D eigenvalue weighted by molar-refractivity contribution is 6.01. The van der Waals surface area contributed by atoms with E-state index in [0.717, 1.165) is 10.5 Å². The second kappa shape index (κ2) is 10.5. The number of nitro groups is 1. The highest BCUT2D eigenvalue weighted by Crippen LogP contribution is 2.32. The summed E-state index contributed by atoms with van der Waals surface area (Å²) in [5.41, 5.74) is 2.24. The molecule has 0 radical (unpaired) electrons. The summed E-state index contributed by atoms with van der Waals surface area (Å²) in [6.07, 6.45) is -1.83. The lowest BCUT2D eigenvalue weighted by molar-refractivity contribution is -0.384. The number of aromatic nitrogens is 1. The Hall–Kier alpha value is -4.29. The van der Waals surface area contributed by atoms with Gasteiger partial charge in [-0.05, 0) is 18.1 Å². The number of aliphatic hydroxyl groups excluding tert-OH is 2. The van der Waals surface area contributed by atoms with E-state index in [1.807, 2.05) is 24.3 Å². The van der Waals surface area contributed by atoms with Crippen molar-refractivity contribution < 1.29 is 33.9 Å². The van der Waals surface area contributed by atoms with Crippen molar-refractivity contribution in [2.75, 3.05) is 18.6 Å². The lowest BCUT2D eigenvalue weighted by Gasteiger charge is -2.23. The number of nitrogens with zero attached hydrogens (tertiary/aromatic N) is 3. The number of anilines is 1. The average molecular weight is 496 g/mol. The third-order valence-corrected chi connectivity index (χ3v) is 5.84. The SMILES string of the molecule is COc1ccccc1Cc1coc(CNC(=O)[C@H](O)[C@@H](O)C(=O)N2CCc3ccc([N+](=O)[O-])cc32)n1. The van der Waals surface area contributed by atoms with Crippen molar-refractivity contribution in [2.24, 2.45) is 0 Å². The van der Waals surface area contributed by atoms with Crippen LogP contribution in [0.4, 0.5) is 11.4 Å². The number of benzene rings is 2. The maximum absolute atomic E-state index is 12.8. The quantitative estimate of drug-likeness (QED) is 0.290. The van der Waals surface area contributed by atoms with Crippen LogP contribution in [-0.4, -0.2) is 57.8 Å². The molecule has 2 heterocycles. The van der Waals surface area contributed by atoms with E-state index in [1.165, 1.54) is 24.5 Å². The number of methoxy groups -OCH3 is 1. The standard InChI is InChI=1S/C24H24N4O8/c1-35-19-5-3-2-4-15(19)10-16-13-36-20(26-16)12-25-23(31)21(29)22(30)24(32)27-9-8-14-6-7-17(28(33)34)11-18(14)27/h2-7,11,13,21-22,29-30H,8-10,12H2,1H3,(H,25,31)/t21-,22-/m1/s1. The van der Waals surface area contributed by atoms with E-state index in [1.54, 1.807) is 7.11 Å². The largest absolute Gasteiger partial charge is 0.496 e. The van der Waals surface area contributed by atoms with E-state index in [2.05, 4.69) is 10.3 Å². The number of para-hydroxylation sites is 1. The topological polar surface area (TPSA) is 168 Å². The summed E-state index contributed by atoms with van der Waals surface area (Å²) in [5, 5.41) is 34.0. The van der Waals surface area contributed by atoms with E-state index in [-0.39, 0.29) is 30.4 Å². The summed E-state index contributed by atoms with van der Waals surface area (Å²) in [6.45, 7) is -0.0203. The number of amides is 2. The molecule has 188 valence electrons. The first-order valence-electron chi connectivity index (χ1n) is 11.1. The maximum Gasteiger partial charge on any atom is 0.271 e. The zero-order chi connectivity index (χ0) is 25.8. The van der Waals surface area contributed by atoms with Gasteiger partial charge in [-0.2, -0.15) is 0 Å². The van der Waals surface area contributed by atoms with Crippen molar-refractivity contribution in [3.8, 4) is 5.75 Å². The number of nitrogens with one attached hydrogen (secondary N) is 1. The molecule has 1 aliphatic heterocycles. The fraction of sp³-hybridized carbons (Fsp3) is 0.292. The van der Waals surface area contributed by atoms with E-state index in [0.29, 0.717) is 29.8 Å². The van der Waals surface area contributed by atoms with E-state index in [4.69, 9.17) is 9.15 Å². The Morgan fingerprint density at radius 3 is 2.78 bits per heavy atom. The fourth-order valence-electron chi connectivity index (χ4n) is 3.97. The van der Waals surface area contributed by atoms with Crippen molar-refractivity contribution >= 4 is 23.2 Å². The van der Waals surface area contributed by atoms with Gasteiger partial charge in [-0.1, -0.05) is 24.3 Å². The molecule has 0 fully saturated rings. The van der Waals surface area contributed by atoms with Crippen LogP contribution >= 0.6 is 0 Å². The Morgan fingerprint density at radius 2 is 2.03 bits per heavy atom. The van der Waals surface area contributed by atoms with Crippen molar-refractivity contribution in [2.45, 2.75) is 31.6 Å². The fourth-order valence-corrected chi connectivity index (χ4v) is 3.97. The number of ether oxygens (including phenoxy) is 1. The van der Waals surface area contributed by atoms with Gasteiger partial charge in [0, 0.05) is 30.7 Å². The van der Waals surface area contributed by atoms with Gasteiger partial charge >= 0.3 is 0 Å². The smallest absolute Gasteiger partial charge is 0.271 e. The molecule has 2 atom stereocenters. The lowest BCUT2D eigenvalue weighted by atomic mass is 10.1. The summed E-state index contributed by atoms with van der Waals surface area (Å²) in [5.74, 6) is -1.07. The number of hydrogen-bond acceptors (Lipinski definition) is 9. The normalized spacial score (nSPS) is 14.1. The van der Waals surface area contributed by atoms with Gasteiger partial charge in [0.2, 0.25) is 5.89 Å². The molecular weight excluding hydrogens is 472 g/mol. The maximum atomic E-state index is 12.8. The molecule has 2 aromatic carbocycles. The Bertz CT molecular complexity index is 1290. The van der Waals surface area contributed by atoms with E-state index >= 15 is 0 Å². The molecule has 0 saturated heterocycles. The number of non-ortho nitro benzene ring substituents is 1. The molecule has 0 saturated carbocycles. The number of carbonyl (C=O) groups is 2. The van der Waals surface area contributed by atoms with Gasteiger partial charge in [-0.15, -0.1) is 0 Å². The van der Waals surface area contributed by atoms with Crippen molar-refractivity contribution in [1.29, 1.82) is 0 Å². The van der Waals surface area contributed by atoms with Crippen LogP contribution in [0.1, 0.15) is 22.7 Å². The second-order valence-electron chi connectivity index (χ2n) is 8.14. The lowest BCUT2D eigenvalue weighted by Crippen LogP contribution is -2.50. The number of aliphatic hydroxyl groups is 2. The first kappa shape index (κ1) is 24.8. The predicted octanol–water partition coefficient (Wildman–Crippen LogP) is 1.11. The van der Waals surface area contributed by atoms with E-state index < -0.39 is 28.9 Å². The number of carbonyl (C=O) groups excluding carboxylic acids is 2. The highest BCUT2D eigenvalue weighted by Gasteiger charge is 2.37. The molecule has 0 aliphatic carbocycles. The van der Waals surface area contributed by atoms with Crippen LogP contribution in [0.3, 0.4) is 0 Å². The molecule has 12 nitrogen and oxygen atoms in total. The van der Waals surface area contributed by atoms with Crippen molar-refractivity contribution in [1.82, 2.24) is 10.3 Å². The highest BCUT2D eigenvalue weighted by atomic mass is 16.6. The Labute approximate surface area is 205 Å². The molecular formula is C24H24N4O8. The first-order valence-corrected chi connectivity index (χ1v) is 11.1. The summed E-state index contributed by atoms with van der Waals surface area (Å²) in [4.78, 5) is 41.0. The molecule has 3 aromatic rings. The van der Waals surface area contributed by atoms with Crippen LogP contribution in [0.25, 0.3) is 0 Å². The van der Waals surface area contributed by atoms with Crippen LogP contribution < -0.4 is 15.0 Å². The molecule has 0 bridgehead atoms. The molecule has 3 N–H and O–H groups in total.